The average molecular weight is 581 g/mol. The quantitative estimate of drug-likeness (QED) is 0.266. The van der Waals surface area contributed by atoms with E-state index in [9.17, 15) is 19.1 Å². The van der Waals surface area contributed by atoms with Crippen LogP contribution in [0.15, 0.2) is 53.2 Å². The van der Waals surface area contributed by atoms with Crippen LogP contribution >= 0.6 is 11.6 Å². The highest BCUT2D eigenvalue weighted by Gasteiger charge is 2.35. The van der Waals surface area contributed by atoms with Crippen LogP contribution < -0.4 is 15.4 Å². The molecule has 0 radical (unpaired) electrons. The number of anilines is 2. The highest BCUT2D eigenvalue weighted by atomic mass is 35.5. The number of benzene rings is 2. The molecule has 2 aromatic carbocycles. The number of methoxy groups -OCH3 is 1. The number of aromatic nitrogens is 3. The number of halogens is 2. The molecule has 5 rings (SSSR count). The molecule has 2 unspecified atom stereocenters. The van der Waals surface area contributed by atoms with Gasteiger partial charge in [0.05, 0.1) is 42.4 Å². The molecule has 0 bridgehead atoms. The van der Waals surface area contributed by atoms with E-state index in [0.29, 0.717) is 34.0 Å². The number of nitrogens with zero attached hydrogens (tertiary/aromatic N) is 4. The summed E-state index contributed by atoms with van der Waals surface area (Å²) in [6.07, 6.45) is 1.44. The van der Waals surface area contributed by atoms with Gasteiger partial charge in [-0.2, -0.15) is 0 Å². The molecule has 2 atom stereocenters. The largest absolute Gasteiger partial charge is 0.497 e. The zero-order chi connectivity index (χ0) is 29.3. The van der Waals surface area contributed by atoms with Crippen LogP contribution in [0.1, 0.15) is 40.1 Å². The van der Waals surface area contributed by atoms with Gasteiger partial charge in [-0.05, 0) is 43.2 Å². The molecule has 1 aliphatic heterocycles. The second kappa shape index (κ2) is 11.5. The van der Waals surface area contributed by atoms with Crippen molar-refractivity contribution in [3.8, 4) is 17.0 Å². The number of hydrogen-bond acceptors (Lipinski definition) is 9. The van der Waals surface area contributed by atoms with Crippen LogP contribution in [-0.4, -0.2) is 56.7 Å². The number of hydrogen-bond donors (Lipinski definition) is 3. The number of carbonyl (C=O) groups excluding carboxylic acids is 2. The summed E-state index contributed by atoms with van der Waals surface area (Å²) in [5.41, 5.74) is 3.14. The molecule has 4 aromatic rings. The van der Waals surface area contributed by atoms with Crippen molar-refractivity contribution in [2.75, 3.05) is 19.0 Å². The normalized spacial score (nSPS) is 14.0. The molecule has 41 heavy (non-hydrogen) atoms. The maximum atomic E-state index is 14.0. The first-order valence-electron chi connectivity index (χ1n) is 12.6. The van der Waals surface area contributed by atoms with E-state index >= 15 is 0 Å². The number of rotatable bonds is 9. The van der Waals surface area contributed by atoms with Gasteiger partial charge in [0.2, 0.25) is 17.7 Å². The maximum Gasteiger partial charge on any atom is 0.255 e. The van der Waals surface area contributed by atoms with Gasteiger partial charge in [-0.25, -0.2) is 14.4 Å². The SMILES string of the molecule is COc1cc(F)cc(C(CO)NC(=O)C(C)N2Cc3ccc(-c4nc(Nc5cc(C)no5)ncc4Cl)cc3C2=O)c1. The minimum atomic E-state index is -0.898. The Kier molecular flexibility index (Phi) is 7.86. The molecular weight excluding hydrogens is 555 g/mol. The number of carbonyl (C=O) groups is 2. The summed E-state index contributed by atoms with van der Waals surface area (Å²) in [5.74, 6) is -0.581. The highest BCUT2D eigenvalue weighted by molar-refractivity contribution is 6.33. The van der Waals surface area contributed by atoms with Gasteiger partial charge in [0.1, 0.15) is 17.6 Å². The van der Waals surface area contributed by atoms with E-state index in [4.69, 9.17) is 20.9 Å². The molecule has 3 heterocycles. The predicted molar refractivity (Wildman–Crippen MR) is 147 cm³/mol. The van der Waals surface area contributed by atoms with Crippen molar-refractivity contribution in [1.29, 1.82) is 0 Å². The van der Waals surface area contributed by atoms with Gasteiger partial charge < -0.3 is 24.6 Å². The lowest BCUT2D eigenvalue weighted by Gasteiger charge is -2.26. The standard InChI is InChI=1S/C28H26ClFN6O5/c1-14-6-24(41-35-14)33-28-31-11-22(29)25(34-28)16-4-5-17-12-36(27(39)21(17)9-16)15(2)26(38)32-23(13-37)18-7-19(30)10-20(8-18)40-3/h4-11,15,23,37H,12-13H2,1-3H3,(H,32,38)(H,31,33,34). The zero-order valence-electron chi connectivity index (χ0n) is 22.3. The van der Waals surface area contributed by atoms with Gasteiger partial charge in [0.15, 0.2) is 0 Å². The second-order valence-corrected chi connectivity index (χ2v) is 9.90. The van der Waals surface area contributed by atoms with Crippen LogP contribution in [0.5, 0.6) is 5.75 Å². The lowest BCUT2D eigenvalue weighted by Crippen LogP contribution is -2.46. The molecule has 0 saturated heterocycles. The first kappa shape index (κ1) is 28.0. The zero-order valence-corrected chi connectivity index (χ0v) is 23.1. The fraction of sp³-hybridized carbons (Fsp3) is 0.250. The predicted octanol–water partition coefficient (Wildman–Crippen LogP) is 4.18. The number of aliphatic hydroxyl groups excluding tert-OH is 1. The highest BCUT2D eigenvalue weighted by Crippen LogP contribution is 2.33. The molecule has 2 amide bonds. The van der Waals surface area contributed by atoms with Gasteiger partial charge in [0, 0.05) is 29.8 Å². The van der Waals surface area contributed by atoms with Crippen molar-refractivity contribution in [1.82, 2.24) is 25.3 Å². The van der Waals surface area contributed by atoms with Crippen LogP contribution in [0.4, 0.5) is 16.2 Å². The second-order valence-electron chi connectivity index (χ2n) is 9.50. The Morgan fingerprint density at radius 3 is 2.78 bits per heavy atom. The molecular formula is C28H26ClFN6O5. The fourth-order valence-corrected chi connectivity index (χ4v) is 4.72. The summed E-state index contributed by atoms with van der Waals surface area (Å²) in [6.45, 7) is 3.10. The van der Waals surface area contributed by atoms with Gasteiger partial charge in [-0.3, -0.25) is 14.9 Å². The summed E-state index contributed by atoms with van der Waals surface area (Å²) >= 11 is 6.40. The van der Waals surface area contributed by atoms with Crippen LogP contribution in [0.3, 0.4) is 0 Å². The molecule has 1 aliphatic rings. The molecule has 0 fully saturated rings. The number of fused-ring (bicyclic) bond motifs is 1. The summed E-state index contributed by atoms with van der Waals surface area (Å²) < 4.78 is 24.2. The minimum Gasteiger partial charge on any atom is -0.497 e. The van der Waals surface area contributed by atoms with E-state index in [1.807, 2.05) is 0 Å². The van der Waals surface area contributed by atoms with E-state index in [-0.39, 0.29) is 29.2 Å². The molecule has 0 spiro atoms. The monoisotopic (exact) mass is 580 g/mol. The third-order valence-electron chi connectivity index (χ3n) is 6.70. The Hall–Kier alpha value is -4.55. The number of aryl methyl sites for hydroxylation is 1. The first-order chi connectivity index (χ1) is 19.7. The van der Waals surface area contributed by atoms with E-state index in [0.717, 1.165) is 5.56 Å². The summed E-state index contributed by atoms with van der Waals surface area (Å²) in [4.78, 5) is 36.6. The number of nitrogens with one attached hydrogen (secondary N) is 2. The van der Waals surface area contributed by atoms with Gasteiger partial charge in [-0.1, -0.05) is 28.9 Å². The Bertz CT molecular complexity index is 1630. The van der Waals surface area contributed by atoms with Crippen LogP contribution in [0.2, 0.25) is 5.02 Å². The molecule has 0 aliphatic carbocycles. The maximum absolute atomic E-state index is 14.0. The van der Waals surface area contributed by atoms with Crippen molar-refractivity contribution in [2.24, 2.45) is 0 Å². The minimum absolute atomic E-state index is 0.204. The average Bonchev–Trinajstić information content (AvgIpc) is 3.53. The van der Waals surface area contributed by atoms with Crippen LogP contribution in [0, 0.1) is 12.7 Å². The molecule has 13 heteroatoms. The van der Waals surface area contributed by atoms with Gasteiger partial charge in [-0.15, -0.1) is 0 Å². The lowest BCUT2D eigenvalue weighted by molar-refractivity contribution is -0.126. The molecule has 212 valence electrons. The third-order valence-corrected chi connectivity index (χ3v) is 6.98. The molecule has 0 saturated carbocycles. The van der Waals surface area contributed by atoms with Crippen LogP contribution in [-0.2, 0) is 11.3 Å². The Balaban J connectivity index is 1.33. The number of amides is 2. The third kappa shape index (κ3) is 5.83. The number of ether oxygens (including phenoxy) is 1. The summed E-state index contributed by atoms with van der Waals surface area (Å²) in [5, 5.41) is 19.6. The summed E-state index contributed by atoms with van der Waals surface area (Å²) in [7, 11) is 1.39. The van der Waals surface area contributed by atoms with Crippen molar-refractivity contribution in [3.05, 3.63) is 81.9 Å². The van der Waals surface area contributed by atoms with E-state index in [2.05, 4.69) is 25.8 Å². The molecule has 2 aromatic heterocycles. The van der Waals surface area contributed by atoms with Crippen molar-refractivity contribution in [3.63, 3.8) is 0 Å². The van der Waals surface area contributed by atoms with Crippen LogP contribution in [0.25, 0.3) is 11.3 Å². The molecule has 3 N–H and O–H groups in total. The molecule has 11 nitrogen and oxygen atoms in total. The topological polar surface area (TPSA) is 143 Å². The number of aliphatic hydroxyl groups is 1. The lowest BCUT2D eigenvalue weighted by atomic mass is 10.0. The Labute approximate surface area is 239 Å². The smallest absolute Gasteiger partial charge is 0.255 e. The Morgan fingerprint density at radius 1 is 1.27 bits per heavy atom. The van der Waals surface area contributed by atoms with Gasteiger partial charge in [0.25, 0.3) is 5.91 Å². The van der Waals surface area contributed by atoms with Crippen molar-refractivity contribution in [2.45, 2.75) is 32.5 Å². The first-order valence-corrected chi connectivity index (χ1v) is 13.0. The van der Waals surface area contributed by atoms with Gasteiger partial charge >= 0.3 is 0 Å². The van der Waals surface area contributed by atoms with Crippen molar-refractivity contribution >= 4 is 35.2 Å². The van der Waals surface area contributed by atoms with E-state index < -0.39 is 30.4 Å². The van der Waals surface area contributed by atoms with Crippen molar-refractivity contribution < 1.29 is 28.3 Å². The summed E-state index contributed by atoms with van der Waals surface area (Å²) in [6, 6.07) is 9.09. The Morgan fingerprint density at radius 2 is 2.07 bits per heavy atom. The van der Waals surface area contributed by atoms with E-state index in [1.165, 1.54) is 36.4 Å². The van der Waals surface area contributed by atoms with E-state index in [1.54, 1.807) is 38.1 Å². The fourth-order valence-electron chi connectivity index (χ4n) is 4.52.